The Kier molecular flexibility index (Phi) is 6.32. The van der Waals surface area contributed by atoms with Crippen LogP contribution in [0.4, 0.5) is 17.6 Å². The number of aromatic nitrogens is 3. The van der Waals surface area contributed by atoms with Crippen LogP contribution in [-0.4, -0.2) is 20.9 Å². The lowest BCUT2D eigenvalue weighted by molar-refractivity contribution is -0.145. The maximum absolute atomic E-state index is 11.9. The minimum Gasteiger partial charge on any atom is -0.457 e. The van der Waals surface area contributed by atoms with E-state index in [-0.39, 0.29) is 18.5 Å². The Labute approximate surface area is 161 Å². The van der Waals surface area contributed by atoms with E-state index in [9.17, 15) is 4.79 Å². The van der Waals surface area contributed by atoms with Gasteiger partial charge < -0.3 is 15.8 Å². The number of nitrogens with zero attached hydrogens (tertiary/aromatic N) is 3. The Morgan fingerprint density at radius 3 is 2.81 bits per heavy atom. The smallest absolute Gasteiger partial charge is 0.306 e. The van der Waals surface area contributed by atoms with Gasteiger partial charge in [-0.15, -0.1) is 11.3 Å². The monoisotopic (exact) mass is 383 g/mol. The van der Waals surface area contributed by atoms with Crippen LogP contribution in [0.15, 0.2) is 41.8 Å². The first-order chi connectivity index (χ1) is 13.1. The summed E-state index contributed by atoms with van der Waals surface area (Å²) >= 11 is 1.62. The molecule has 3 N–H and O–H groups in total. The summed E-state index contributed by atoms with van der Waals surface area (Å²) in [6, 6.07) is 11.8. The zero-order valence-corrected chi connectivity index (χ0v) is 15.8. The van der Waals surface area contributed by atoms with Gasteiger partial charge in [-0.05, 0) is 35.9 Å². The topological polar surface area (TPSA) is 103 Å². The minimum absolute atomic E-state index is 0.0416. The standard InChI is InChI=1S/C19H21N5O2S/c1-2-13-6-3-4-8-15(13)21-19-23-16(22-18(20)24-19)12-26-17(25)10-9-14-7-5-11-27-14/h3-8,11H,2,9-10,12H2,1H3,(H3,20,21,22,23,24). The van der Waals surface area contributed by atoms with Gasteiger partial charge in [0.2, 0.25) is 11.9 Å². The first-order valence-electron chi connectivity index (χ1n) is 8.67. The number of nitrogens with one attached hydrogen (secondary N) is 1. The van der Waals surface area contributed by atoms with Crippen molar-refractivity contribution < 1.29 is 9.53 Å². The van der Waals surface area contributed by atoms with E-state index in [1.807, 2.05) is 41.8 Å². The molecule has 140 valence electrons. The number of hydrogen-bond acceptors (Lipinski definition) is 8. The summed E-state index contributed by atoms with van der Waals surface area (Å²) in [6.45, 7) is 2.03. The highest BCUT2D eigenvalue weighted by Crippen LogP contribution is 2.19. The van der Waals surface area contributed by atoms with Gasteiger partial charge in [0.15, 0.2) is 12.4 Å². The molecule has 0 unspecified atom stereocenters. The first-order valence-corrected chi connectivity index (χ1v) is 9.55. The molecule has 0 bridgehead atoms. The van der Waals surface area contributed by atoms with Crippen LogP contribution in [0.25, 0.3) is 0 Å². The second kappa shape index (κ2) is 9.09. The molecule has 7 nitrogen and oxygen atoms in total. The van der Waals surface area contributed by atoms with Crippen LogP contribution in [0.3, 0.4) is 0 Å². The number of benzene rings is 1. The fourth-order valence-corrected chi connectivity index (χ4v) is 3.24. The second-order valence-corrected chi connectivity index (χ2v) is 6.84. The van der Waals surface area contributed by atoms with E-state index in [0.29, 0.717) is 24.6 Å². The quantitative estimate of drug-likeness (QED) is 0.574. The number of anilines is 3. The molecule has 0 amide bonds. The number of aryl methyl sites for hydroxylation is 2. The second-order valence-electron chi connectivity index (χ2n) is 5.81. The predicted octanol–water partition coefficient (Wildman–Crippen LogP) is 3.50. The number of thiophene rings is 1. The van der Waals surface area contributed by atoms with Crippen LogP contribution in [0.2, 0.25) is 0 Å². The number of carbonyl (C=O) groups excluding carboxylic acids is 1. The van der Waals surface area contributed by atoms with Crippen molar-refractivity contribution >= 4 is 34.9 Å². The van der Waals surface area contributed by atoms with Gasteiger partial charge in [-0.3, -0.25) is 4.79 Å². The van der Waals surface area contributed by atoms with Crippen molar-refractivity contribution in [1.82, 2.24) is 15.0 Å². The molecule has 2 heterocycles. The number of ether oxygens (including phenoxy) is 1. The van der Waals surface area contributed by atoms with E-state index in [4.69, 9.17) is 10.5 Å². The third kappa shape index (κ3) is 5.49. The summed E-state index contributed by atoms with van der Waals surface area (Å²) in [6.07, 6.45) is 1.85. The average Bonchev–Trinajstić information content (AvgIpc) is 3.18. The van der Waals surface area contributed by atoms with Crippen molar-refractivity contribution in [3.05, 3.63) is 58.0 Å². The highest BCUT2D eigenvalue weighted by Gasteiger charge is 2.10. The lowest BCUT2D eigenvalue weighted by Crippen LogP contribution is -2.11. The van der Waals surface area contributed by atoms with E-state index < -0.39 is 0 Å². The van der Waals surface area contributed by atoms with E-state index in [2.05, 4.69) is 27.2 Å². The molecule has 0 radical (unpaired) electrons. The molecule has 2 aromatic heterocycles. The van der Waals surface area contributed by atoms with E-state index in [1.165, 1.54) is 0 Å². The molecule has 3 aromatic rings. The fourth-order valence-electron chi connectivity index (χ4n) is 2.53. The molecule has 0 saturated carbocycles. The zero-order valence-electron chi connectivity index (χ0n) is 15.0. The first kappa shape index (κ1) is 18.8. The van der Waals surface area contributed by atoms with Gasteiger partial charge in [-0.2, -0.15) is 15.0 Å². The summed E-state index contributed by atoms with van der Waals surface area (Å²) in [7, 11) is 0. The summed E-state index contributed by atoms with van der Waals surface area (Å²) in [5, 5.41) is 5.14. The highest BCUT2D eigenvalue weighted by molar-refractivity contribution is 7.09. The Balaban J connectivity index is 1.60. The van der Waals surface area contributed by atoms with Crippen LogP contribution < -0.4 is 11.1 Å². The molecule has 27 heavy (non-hydrogen) atoms. The molecule has 0 fully saturated rings. The largest absolute Gasteiger partial charge is 0.457 e. The van der Waals surface area contributed by atoms with Crippen LogP contribution in [0.5, 0.6) is 0 Å². The van der Waals surface area contributed by atoms with Crippen LogP contribution in [0.1, 0.15) is 29.6 Å². The molecule has 0 atom stereocenters. The van der Waals surface area contributed by atoms with E-state index in [1.54, 1.807) is 11.3 Å². The molecule has 0 aliphatic rings. The van der Waals surface area contributed by atoms with Crippen LogP contribution in [0, 0.1) is 0 Å². The minimum atomic E-state index is -0.298. The van der Waals surface area contributed by atoms with Gasteiger partial charge in [-0.1, -0.05) is 31.2 Å². The molecular formula is C19H21N5O2S. The molecule has 1 aromatic carbocycles. The van der Waals surface area contributed by atoms with Crippen molar-refractivity contribution in [3.63, 3.8) is 0 Å². The van der Waals surface area contributed by atoms with Gasteiger partial charge in [0.25, 0.3) is 0 Å². The molecule has 0 aliphatic heterocycles. The maximum Gasteiger partial charge on any atom is 0.306 e. The zero-order chi connectivity index (χ0) is 19.1. The van der Waals surface area contributed by atoms with E-state index >= 15 is 0 Å². The SMILES string of the molecule is CCc1ccccc1Nc1nc(N)nc(COC(=O)CCc2cccs2)n1. The van der Waals surface area contributed by atoms with Gasteiger partial charge >= 0.3 is 5.97 Å². The number of esters is 1. The van der Waals surface area contributed by atoms with Crippen molar-refractivity contribution in [2.45, 2.75) is 32.8 Å². The Bertz CT molecular complexity index is 899. The molecule has 0 spiro atoms. The Hall–Kier alpha value is -3.00. The fraction of sp³-hybridized carbons (Fsp3) is 0.263. The van der Waals surface area contributed by atoms with Crippen molar-refractivity contribution in [2.75, 3.05) is 11.1 Å². The molecule has 0 saturated heterocycles. The normalized spacial score (nSPS) is 10.6. The predicted molar refractivity (Wildman–Crippen MR) is 106 cm³/mol. The van der Waals surface area contributed by atoms with Gasteiger partial charge in [0.05, 0.1) is 6.42 Å². The van der Waals surface area contributed by atoms with E-state index in [0.717, 1.165) is 22.5 Å². The number of para-hydroxylation sites is 1. The third-order valence-electron chi connectivity index (χ3n) is 3.86. The third-order valence-corrected chi connectivity index (χ3v) is 4.80. The van der Waals surface area contributed by atoms with Crippen LogP contribution in [-0.2, 0) is 29.0 Å². The summed E-state index contributed by atoms with van der Waals surface area (Å²) in [4.78, 5) is 25.5. The molecule has 0 aliphatic carbocycles. The number of nitrogen functional groups attached to an aromatic ring is 1. The van der Waals surface area contributed by atoms with Crippen molar-refractivity contribution in [3.8, 4) is 0 Å². The summed E-state index contributed by atoms with van der Waals surface area (Å²) < 4.78 is 5.26. The molecule has 8 heteroatoms. The molecule has 3 rings (SSSR count). The van der Waals surface area contributed by atoms with Gasteiger partial charge in [0, 0.05) is 10.6 Å². The van der Waals surface area contributed by atoms with Crippen molar-refractivity contribution in [1.29, 1.82) is 0 Å². The summed E-state index contributed by atoms with van der Waals surface area (Å²) in [5.41, 5.74) is 7.82. The number of rotatable bonds is 8. The lowest BCUT2D eigenvalue weighted by Gasteiger charge is -2.10. The molecular weight excluding hydrogens is 362 g/mol. The van der Waals surface area contributed by atoms with Crippen LogP contribution >= 0.6 is 11.3 Å². The number of nitrogens with two attached hydrogens (primary N) is 1. The van der Waals surface area contributed by atoms with Gasteiger partial charge in [-0.25, -0.2) is 0 Å². The average molecular weight is 383 g/mol. The van der Waals surface area contributed by atoms with Gasteiger partial charge in [0.1, 0.15) is 0 Å². The maximum atomic E-state index is 11.9. The lowest BCUT2D eigenvalue weighted by atomic mass is 10.1. The Morgan fingerprint density at radius 1 is 1.19 bits per heavy atom. The number of carbonyl (C=O) groups is 1. The Morgan fingerprint density at radius 2 is 2.04 bits per heavy atom. The summed E-state index contributed by atoms with van der Waals surface area (Å²) in [5.74, 6) is 0.413. The highest BCUT2D eigenvalue weighted by atomic mass is 32.1. The number of hydrogen-bond donors (Lipinski definition) is 2. The van der Waals surface area contributed by atoms with Crippen molar-refractivity contribution in [2.24, 2.45) is 0 Å².